The molecule has 0 unspecified atom stereocenters. The van der Waals surface area contributed by atoms with Crippen molar-refractivity contribution in [3.63, 3.8) is 0 Å². The predicted octanol–water partition coefficient (Wildman–Crippen LogP) is 0.698. The number of hydrogen-bond donors (Lipinski definition) is 0. The third-order valence-electron chi connectivity index (χ3n) is 2.50. The molecule has 88 valence electrons. The first-order chi connectivity index (χ1) is 8.22. The van der Waals surface area contributed by atoms with Crippen molar-refractivity contribution in [3.05, 3.63) is 27.9 Å². The van der Waals surface area contributed by atoms with Crippen molar-refractivity contribution >= 4 is 11.5 Å². The van der Waals surface area contributed by atoms with Crippen LogP contribution in [0.1, 0.15) is 5.69 Å². The minimum absolute atomic E-state index is 0.154. The fourth-order valence-corrected chi connectivity index (χ4v) is 1.64. The van der Waals surface area contributed by atoms with E-state index in [9.17, 15) is 10.1 Å². The van der Waals surface area contributed by atoms with Gasteiger partial charge in [0.2, 0.25) is 5.69 Å². The smallest absolute Gasteiger partial charge is 0.305 e. The molecule has 0 atom stereocenters. The van der Waals surface area contributed by atoms with Crippen LogP contribution in [0.3, 0.4) is 0 Å². The van der Waals surface area contributed by atoms with Crippen molar-refractivity contribution in [2.45, 2.75) is 0 Å². The normalized spacial score (nSPS) is 15.4. The Hall–Kier alpha value is -2.20. The van der Waals surface area contributed by atoms with Gasteiger partial charge in [0.25, 0.3) is 0 Å². The molecule has 1 aromatic rings. The number of pyridine rings is 1. The van der Waals surface area contributed by atoms with Crippen LogP contribution >= 0.6 is 0 Å². The first-order valence-electron chi connectivity index (χ1n) is 5.10. The van der Waals surface area contributed by atoms with Crippen molar-refractivity contribution in [2.24, 2.45) is 0 Å². The third kappa shape index (κ3) is 2.32. The van der Waals surface area contributed by atoms with Crippen LogP contribution in [-0.2, 0) is 4.74 Å². The van der Waals surface area contributed by atoms with Gasteiger partial charge in [0.15, 0.2) is 0 Å². The van der Waals surface area contributed by atoms with Crippen LogP contribution in [-0.4, -0.2) is 36.2 Å². The summed E-state index contributed by atoms with van der Waals surface area (Å²) in [5, 5.41) is 19.5. The van der Waals surface area contributed by atoms with Crippen LogP contribution in [0, 0.1) is 21.4 Å². The second-order valence-electron chi connectivity index (χ2n) is 3.51. The summed E-state index contributed by atoms with van der Waals surface area (Å²) in [6, 6.07) is 4.62. The van der Waals surface area contributed by atoms with Crippen molar-refractivity contribution < 1.29 is 9.66 Å². The van der Waals surface area contributed by atoms with Gasteiger partial charge in [-0.25, -0.2) is 4.98 Å². The molecule has 1 saturated heterocycles. The molecular formula is C10H10N4O3. The molecule has 1 fully saturated rings. The van der Waals surface area contributed by atoms with E-state index in [1.165, 1.54) is 6.07 Å². The number of anilines is 1. The maximum absolute atomic E-state index is 10.6. The van der Waals surface area contributed by atoms with Gasteiger partial charge in [-0.05, 0) is 6.07 Å². The first-order valence-corrected chi connectivity index (χ1v) is 5.10. The average molecular weight is 234 g/mol. The van der Waals surface area contributed by atoms with Crippen LogP contribution in [0.4, 0.5) is 11.5 Å². The van der Waals surface area contributed by atoms with E-state index in [0.717, 1.165) is 0 Å². The Balaban J connectivity index is 2.31. The number of ether oxygens (including phenoxy) is 1. The van der Waals surface area contributed by atoms with E-state index in [0.29, 0.717) is 32.1 Å². The van der Waals surface area contributed by atoms with Gasteiger partial charge in [0.1, 0.15) is 11.9 Å². The van der Waals surface area contributed by atoms with Crippen LogP contribution < -0.4 is 4.90 Å². The standard InChI is InChI=1S/C10H10N4O3/c11-7-8-9(14(15)16)1-2-10(12-8)13-3-5-17-6-4-13/h1-2H,3-6H2. The monoisotopic (exact) mass is 234 g/mol. The van der Waals surface area contributed by atoms with E-state index < -0.39 is 4.92 Å². The highest BCUT2D eigenvalue weighted by molar-refractivity contribution is 5.51. The fraction of sp³-hybridized carbons (Fsp3) is 0.400. The Bertz CT molecular complexity index is 477. The van der Waals surface area contributed by atoms with Gasteiger partial charge in [-0.2, -0.15) is 5.26 Å². The first kappa shape index (κ1) is 11.3. The minimum Gasteiger partial charge on any atom is -0.378 e. The van der Waals surface area contributed by atoms with Gasteiger partial charge in [0, 0.05) is 19.2 Å². The molecule has 7 nitrogen and oxygen atoms in total. The maximum Gasteiger partial charge on any atom is 0.305 e. The molecule has 17 heavy (non-hydrogen) atoms. The SMILES string of the molecule is N#Cc1nc(N2CCOCC2)ccc1[N+](=O)[O-]. The minimum atomic E-state index is -0.603. The molecule has 0 aliphatic carbocycles. The fourth-order valence-electron chi connectivity index (χ4n) is 1.64. The molecule has 7 heteroatoms. The summed E-state index contributed by atoms with van der Waals surface area (Å²) in [4.78, 5) is 16.0. The average Bonchev–Trinajstić information content (AvgIpc) is 2.39. The third-order valence-corrected chi connectivity index (χ3v) is 2.50. The van der Waals surface area contributed by atoms with E-state index in [4.69, 9.17) is 10.00 Å². The molecule has 1 aromatic heterocycles. The molecular weight excluding hydrogens is 224 g/mol. The number of hydrogen-bond acceptors (Lipinski definition) is 6. The molecule has 0 bridgehead atoms. The summed E-state index contributed by atoms with van der Waals surface area (Å²) < 4.78 is 5.20. The maximum atomic E-state index is 10.6. The summed E-state index contributed by atoms with van der Waals surface area (Å²) >= 11 is 0. The van der Waals surface area contributed by atoms with Crippen LogP contribution in [0.15, 0.2) is 12.1 Å². The Morgan fingerprint density at radius 1 is 1.47 bits per heavy atom. The topological polar surface area (TPSA) is 92.3 Å². The number of morpholine rings is 1. The van der Waals surface area contributed by atoms with Crippen molar-refractivity contribution in [1.29, 1.82) is 5.26 Å². The van der Waals surface area contributed by atoms with Gasteiger partial charge < -0.3 is 9.64 Å². The molecule has 2 heterocycles. The van der Waals surface area contributed by atoms with Crippen molar-refractivity contribution in [1.82, 2.24) is 4.98 Å². The highest BCUT2D eigenvalue weighted by Crippen LogP contribution is 2.21. The highest BCUT2D eigenvalue weighted by Gasteiger charge is 2.19. The second kappa shape index (κ2) is 4.76. The molecule has 0 spiro atoms. The lowest BCUT2D eigenvalue weighted by Crippen LogP contribution is -2.36. The summed E-state index contributed by atoms with van der Waals surface area (Å²) in [6.45, 7) is 2.55. The summed E-state index contributed by atoms with van der Waals surface area (Å²) in [6.07, 6.45) is 0. The van der Waals surface area contributed by atoms with Crippen LogP contribution in [0.5, 0.6) is 0 Å². The zero-order chi connectivity index (χ0) is 12.3. The van der Waals surface area contributed by atoms with E-state index in [-0.39, 0.29) is 11.4 Å². The van der Waals surface area contributed by atoms with Gasteiger partial charge in [-0.15, -0.1) is 0 Å². The summed E-state index contributed by atoms with van der Waals surface area (Å²) in [5.41, 5.74) is -0.413. The van der Waals surface area contributed by atoms with Gasteiger partial charge in [-0.3, -0.25) is 10.1 Å². The Labute approximate surface area is 97.4 Å². The Morgan fingerprint density at radius 2 is 2.18 bits per heavy atom. The number of rotatable bonds is 2. The lowest BCUT2D eigenvalue weighted by Gasteiger charge is -2.27. The van der Waals surface area contributed by atoms with Gasteiger partial charge in [-0.1, -0.05) is 0 Å². The molecule has 0 amide bonds. The van der Waals surface area contributed by atoms with Crippen LogP contribution in [0.25, 0.3) is 0 Å². The van der Waals surface area contributed by atoms with E-state index >= 15 is 0 Å². The molecule has 0 aromatic carbocycles. The number of nitro groups is 1. The second-order valence-corrected chi connectivity index (χ2v) is 3.51. The number of nitriles is 1. The zero-order valence-corrected chi connectivity index (χ0v) is 9.00. The largest absolute Gasteiger partial charge is 0.378 e. The summed E-state index contributed by atoms with van der Waals surface area (Å²) in [7, 11) is 0. The molecule has 1 aliphatic rings. The number of nitrogens with zero attached hydrogens (tertiary/aromatic N) is 4. The van der Waals surface area contributed by atoms with Crippen LogP contribution in [0.2, 0.25) is 0 Å². The summed E-state index contributed by atoms with van der Waals surface area (Å²) in [5.74, 6) is 0.579. The highest BCUT2D eigenvalue weighted by atomic mass is 16.6. The van der Waals surface area contributed by atoms with Gasteiger partial charge in [0.05, 0.1) is 18.1 Å². The lowest BCUT2D eigenvalue weighted by molar-refractivity contribution is -0.385. The van der Waals surface area contributed by atoms with E-state index in [1.807, 2.05) is 4.90 Å². The molecule has 0 radical (unpaired) electrons. The molecule has 1 aliphatic heterocycles. The Morgan fingerprint density at radius 3 is 2.76 bits per heavy atom. The number of aromatic nitrogens is 1. The molecule has 2 rings (SSSR count). The molecule has 0 saturated carbocycles. The predicted molar refractivity (Wildman–Crippen MR) is 58.6 cm³/mol. The lowest BCUT2D eigenvalue weighted by atomic mass is 10.3. The Kier molecular flexibility index (Phi) is 3.16. The van der Waals surface area contributed by atoms with Gasteiger partial charge >= 0.3 is 5.69 Å². The van der Waals surface area contributed by atoms with E-state index in [2.05, 4.69) is 4.98 Å². The van der Waals surface area contributed by atoms with E-state index in [1.54, 1.807) is 12.1 Å². The van der Waals surface area contributed by atoms with Crippen molar-refractivity contribution in [2.75, 3.05) is 31.2 Å². The quantitative estimate of drug-likeness (QED) is 0.552. The molecule has 0 N–H and O–H groups in total. The van der Waals surface area contributed by atoms with Crippen molar-refractivity contribution in [3.8, 4) is 6.07 Å². The zero-order valence-electron chi connectivity index (χ0n) is 9.00.